The topological polar surface area (TPSA) is 115 Å². The number of fused-ring (bicyclic) bond motifs is 3. The maximum absolute atomic E-state index is 9.90. The molecule has 15 heteroatoms. The Morgan fingerprint density at radius 2 is 0.769 bits per heavy atom. The van der Waals surface area contributed by atoms with Crippen LogP contribution in [-0.2, 0) is 39.6 Å². The standard InChI is InChI=1S/C35H35ClN2O3.C28H22ClNO2.C28H23NO2.CH2Cl2.CH4/c36-34-32-23-31(41-25-27-7-3-1-4-8-27)17-18-33(32)38(35(34)28-11-13-29(39)14-12-28)24-26-9-15-30(16-10-26)40-22-21-37-19-5-2-6-20-37;29-27-25-17-24(32-19-21-9-5-2-6-10-21)15-16-26(25)30-28(27)22-11-13-23(14-12-22)31-18-20-7-3-1-4-8-20;1-3-7-21(8-4-1)19-30-25-13-11-23(12-14-25)28-18-24-17-26(15-16-27(24)29-28)31-20-22-9-5-2-6-10-22;2-1-3;/h1,3-4,7-18,23,39H,2,5-6,19-22,24-25H2;1-17,30H,18-19H2;1-18,29H,19-20H2;1H2;1H4. The van der Waals surface area contributed by atoms with E-state index < -0.39 is 0 Å². The van der Waals surface area contributed by atoms with Gasteiger partial charge in [-0.05, 0) is 222 Å². The van der Waals surface area contributed by atoms with Gasteiger partial charge in [-0.3, -0.25) is 4.90 Å². The fourth-order valence-electron chi connectivity index (χ4n) is 12.7. The summed E-state index contributed by atoms with van der Waals surface area (Å²) in [5.41, 5.74) is 15.9. The molecule has 0 amide bonds. The minimum Gasteiger partial charge on any atom is -0.508 e. The molecule has 1 aliphatic heterocycles. The van der Waals surface area contributed by atoms with Crippen LogP contribution < -0.4 is 28.4 Å². The Bertz CT molecular complexity index is 5220. The van der Waals surface area contributed by atoms with Gasteiger partial charge in [-0.2, -0.15) is 0 Å². The van der Waals surface area contributed by atoms with Crippen LogP contribution in [0.4, 0.5) is 0 Å². The van der Waals surface area contributed by atoms with Gasteiger partial charge in [0, 0.05) is 46.0 Å². The van der Waals surface area contributed by atoms with Gasteiger partial charge in [0.15, 0.2) is 0 Å². The summed E-state index contributed by atoms with van der Waals surface area (Å²) in [6.07, 6.45) is 3.93. The lowest BCUT2D eigenvalue weighted by Crippen LogP contribution is -2.33. The summed E-state index contributed by atoms with van der Waals surface area (Å²) in [4.78, 5) is 9.41. The second kappa shape index (κ2) is 39.0. The second-order valence-electron chi connectivity index (χ2n) is 25.8. The first kappa shape index (κ1) is 76.6. The molecule has 15 aromatic rings. The lowest BCUT2D eigenvalue weighted by atomic mass is 10.1. The Morgan fingerprint density at radius 1 is 0.361 bits per heavy atom. The molecule has 0 aliphatic carbocycles. The summed E-state index contributed by atoms with van der Waals surface area (Å²) in [6, 6.07) is 103. The van der Waals surface area contributed by atoms with Gasteiger partial charge in [-0.25, -0.2) is 0 Å². The van der Waals surface area contributed by atoms with Crippen LogP contribution in [0.3, 0.4) is 0 Å². The molecule has 1 fully saturated rings. The van der Waals surface area contributed by atoms with Gasteiger partial charge >= 0.3 is 0 Å². The quantitative estimate of drug-likeness (QED) is 0.0513. The lowest BCUT2D eigenvalue weighted by molar-refractivity contribution is 0.183. The zero-order valence-corrected chi connectivity index (χ0v) is 62.2. The number of rotatable bonds is 24. The number of nitrogens with zero attached hydrogens (tertiary/aromatic N) is 2. The number of H-pyrrole nitrogens is 2. The van der Waals surface area contributed by atoms with Crippen molar-refractivity contribution in [2.75, 3.05) is 31.6 Å². The average Bonchev–Trinajstić information content (AvgIpc) is 1.60. The fourth-order valence-corrected chi connectivity index (χ4v) is 13.4. The Balaban J connectivity index is 0.000000150. The molecule has 0 unspecified atom stereocenters. The number of phenols is 1. The third-order valence-electron chi connectivity index (χ3n) is 18.4. The number of hydrogen-bond acceptors (Lipinski definition) is 8. The minimum absolute atomic E-state index is 0. The van der Waals surface area contributed by atoms with Crippen LogP contribution in [0.25, 0.3) is 66.5 Å². The zero-order valence-electron chi connectivity index (χ0n) is 59.1. The predicted octanol–water partition coefficient (Wildman–Crippen LogP) is 24.9. The molecule has 16 rings (SSSR count). The second-order valence-corrected chi connectivity index (χ2v) is 27.4. The molecular weight excluding hydrogens is 1430 g/mol. The summed E-state index contributed by atoms with van der Waals surface area (Å²) in [5.74, 6) is 5.22. The van der Waals surface area contributed by atoms with Gasteiger partial charge in [-0.1, -0.05) is 201 Å². The van der Waals surface area contributed by atoms with Gasteiger partial charge in [0.05, 0.1) is 32.3 Å². The van der Waals surface area contributed by atoms with E-state index in [1.165, 1.54) is 32.4 Å². The zero-order chi connectivity index (χ0) is 73.4. The molecule has 0 spiro atoms. The number of halogens is 4. The Morgan fingerprint density at radius 3 is 1.27 bits per heavy atom. The van der Waals surface area contributed by atoms with E-state index in [1.54, 1.807) is 12.1 Å². The van der Waals surface area contributed by atoms with Crippen LogP contribution in [-0.4, -0.2) is 56.1 Å². The van der Waals surface area contributed by atoms with E-state index in [9.17, 15) is 5.11 Å². The number of ether oxygens (including phenoxy) is 6. The monoisotopic (exact) mass is 1510 g/mol. The molecule has 11 nitrogen and oxygen atoms in total. The Kier molecular flexibility index (Phi) is 27.7. The van der Waals surface area contributed by atoms with Crippen molar-refractivity contribution in [3.63, 3.8) is 0 Å². The van der Waals surface area contributed by atoms with Crippen molar-refractivity contribution in [2.45, 2.75) is 66.3 Å². The molecule has 0 atom stereocenters. The third-order valence-corrected chi connectivity index (χ3v) is 19.1. The van der Waals surface area contributed by atoms with Gasteiger partial charge in [-0.15, -0.1) is 23.2 Å². The molecule has 3 N–H and O–H groups in total. The van der Waals surface area contributed by atoms with Gasteiger partial charge < -0.3 is 48.1 Å². The van der Waals surface area contributed by atoms with E-state index in [1.807, 2.05) is 188 Å². The maximum atomic E-state index is 9.90. The first-order chi connectivity index (χ1) is 52.6. The number of aromatic nitrogens is 3. The first-order valence-corrected chi connectivity index (χ1v) is 37.6. The minimum atomic E-state index is 0. The number of benzene rings is 12. The maximum Gasteiger partial charge on any atom is 0.120 e. The number of likely N-dealkylation sites (tertiary alicyclic amines) is 1. The molecule has 0 saturated carbocycles. The van der Waals surface area contributed by atoms with Gasteiger partial charge in [0.1, 0.15) is 79.9 Å². The molecule has 108 heavy (non-hydrogen) atoms. The third kappa shape index (κ3) is 21.2. The Labute approximate surface area is 652 Å². The molecule has 0 bridgehead atoms. The fraction of sp³-hybridized carbons (Fsp3) is 0.161. The van der Waals surface area contributed by atoms with Crippen molar-refractivity contribution in [3.8, 4) is 74.0 Å². The molecule has 3 aromatic heterocycles. The van der Waals surface area contributed by atoms with Crippen molar-refractivity contribution in [1.82, 2.24) is 19.4 Å². The highest BCUT2D eigenvalue weighted by molar-refractivity contribution is 6.40. The highest BCUT2D eigenvalue weighted by Gasteiger charge is 2.20. The summed E-state index contributed by atoms with van der Waals surface area (Å²) in [6.45, 7) is 7.36. The number of aromatic amines is 2. The van der Waals surface area contributed by atoms with Crippen LogP contribution >= 0.6 is 46.4 Å². The average molecular weight is 1510 g/mol. The number of phenolic OH excluding ortho intramolecular Hbond substituents is 1. The Hall–Kier alpha value is -11.0. The number of piperidine rings is 1. The van der Waals surface area contributed by atoms with E-state index >= 15 is 0 Å². The molecular formula is C93H86Cl4N4O7. The van der Waals surface area contributed by atoms with E-state index in [0.717, 1.165) is 141 Å². The van der Waals surface area contributed by atoms with E-state index in [-0.39, 0.29) is 18.5 Å². The van der Waals surface area contributed by atoms with Crippen LogP contribution in [0.2, 0.25) is 10.0 Å². The smallest absolute Gasteiger partial charge is 0.120 e. The van der Waals surface area contributed by atoms with Crippen molar-refractivity contribution in [3.05, 3.63) is 353 Å². The van der Waals surface area contributed by atoms with E-state index in [4.69, 9.17) is 74.8 Å². The molecule has 1 saturated heterocycles. The summed E-state index contributed by atoms with van der Waals surface area (Å²) in [5, 5.41) is 14.4. The van der Waals surface area contributed by atoms with Crippen molar-refractivity contribution in [1.29, 1.82) is 0 Å². The van der Waals surface area contributed by atoms with Crippen molar-refractivity contribution < 1.29 is 33.5 Å². The van der Waals surface area contributed by atoms with Crippen molar-refractivity contribution >= 4 is 79.1 Å². The van der Waals surface area contributed by atoms with Crippen LogP contribution in [0.1, 0.15) is 60.1 Å². The van der Waals surface area contributed by atoms with Gasteiger partial charge in [0.25, 0.3) is 0 Å². The number of aromatic hydroxyl groups is 1. The normalized spacial score (nSPS) is 11.8. The first-order valence-electron chi connectivity index (χ1n) is 35.8. The highest BCUT2D eigenvalue weighted by Crippen LogP contribution is 2.42. The van der Waals surface area contributed by atoms with Gasteiger partial charge in [0.2, 0.25) is 0 Å². The van der Waals surface area contributed by atoms with Crippen LogP contribution in [0.5, 0.6) is 40.2 Å². The molecule has 0 radical (unpaired) electrons. The highest BCUT2D eigenvalue weighted by atomic mass is 35.5. The number of hydrogen-bond donors (Lipinski definition) is 3. The molecule has 12 aromatic carbocycles. The van der Waals surface area contributed by atoms with E-state index in [0.29, 0.717) is 56.2 Å². The van der Waals surface area contributed by atoms with Crippen LogP contribution in [0, 0.1) is 0 Å². The summed E-state index contributed by atoms with van der Waals surface area (Å²) in [7, 11) is 0. The molecule has 1 aliphatic rings. The summed E-state index contributed by atoms with van der Waals surface area (Å²) >= 11 is 23.3. The number of nitrogens with one attached hydrogen (secondary N) is 2. The lowest BCUT2D eigenvalue weighted by Gasteiger charge is -2.26. The van der Waals surface area contributed by atoms with Crippen molar-refractivity contribution in [2.24, 2.45) is 0 Å². The molecule has 4 heterocycles. The number of alkyl halides is 2. The molecule has 548 valence electrons. The largest absolute Gasteiger partial charge is 0.508 e. The van der Waals surface area contributed by atoms with E-state index in [2.05, 4.69) is 129 Å². The van der Waals surface area contributed by atoms with Crippen LogP contribution in [0.15, 0.2) is 309 Å². The summed E-state index contributed by atoms with van der Waals surface area (Å²) < 4.78 is 38.1. The SMILES string of the molecule is C.ClCCl.Clc1c(-c2ccc(OCc3ccccc3)cc2)[nH]c2ccc(OCc3ccccc3)cc12.Oc1ccc(-c2c(Cl)c3cc(OCc4ccccc4)ccc3n2Cc2ccc(OCCN3CCCCC3)cc2)cc1.c1ccc(COc2ccc(-c3cc4cc(OCc5ccccc5)ccc4[nH]3)cc2)cc1. The predicted molar refractivity (Wildman–Crippen MR) is 445 cm³/mol.